The van der Waals surface area contributed by atoms with Crippen molar-refractivity contribution in [3.05, 3.63) is 0 Å². The van der Waals surface area contributed by atoms with Crippen LogP contribution in [0.4, 0.5) is 0 Å². The van der Waals surface area contributed by atoms with Crippen LogP contribution in [0.3, 0.4) is 0 Å². The maximum atomic E-state index is 10.8. The highest BCUT2D eigenvalue weighted by Gasteiger charge is 2.32. The van der Waals surface area contributed by atoms with Crippen molar-refractivity contribution in [1.82, 2.24) is 0 Å². The number of carbonyl (C=O) groups is 2. The van der Waals surface area contributed by atoms with Gasteiger partial charge >= 0.3 is 7.60 Å². The van der Waals surface area contributed by atoms with Gasteiger partial charge in [-0.2, -0.15) is 0 Å². The molecule has 0 bridgehead atoms. The second kappa shape index (κ2) is 5.17. The second-order valence-corrected chi connectivity index (χ2v) is 7.37. The standard InChI is InChI=1S/C5H9O5PS2/c1-3(6)12-5(11(8,9)10)13-4(2)7/h5H,1-2H3,(H2,8,9,10). The van der Waals surface area contributed by atoms with Crippen molar-refractivity contribution < 1.29 is 23.9 Å². The van der Waals surface area contributed by atoms with Gasteiger partial charge < -0.3 is 9.79 Å². The van der Waals surface area contributed by atoms with Crippen LogP contribution in [-0.4, -0.2) is 24.3 Å². The third-order valence-corrected chi connectivity index (χ3v) is 5.28. The molecule has 2 N–H and O–H groups in total. The lowest BCUT2D eigenvalue weighted by Gasteiger charge is -2.13. The maximum Gasteiger partial charge on any atom is 0.349 e. The average molecular weight is 244 g/mol. The summed E-state index contributed by atoms with van der Waals surface area (Å²) in [7, 11) is -4.40. The Morgan fingerprint density at radius 2 is 1.46 bits per heavy atom. The molecular formula is C5H9O5PS2. The Hall–Kier alpha value is 0.190. The molecule has 0 fully saturated rings. The van der Waals surface area contributed by atoms with Gasteiger partial charge in [-0.05, 0) is 0 Å². The molecule has 0 atom stereocenters. The lowest BCUT2D eigenvalue weighted by atomic mass is 10.9. The van der Waals surface area contributed by atoms with Crippen LogP contribution in [0.1, 0.15) is 13.8 Å². The van der Waals surface area contributed by atoms with E-state index in [1.54, 1.807) is 0 Å². The molecule has 0 amide bonds. The smallest absolute Gasteiger partial charge is 0.323 e. The van der Waals surface area contributed by atoms with Crippen molar-refractivity contribution in [3.8, 4) is 0 Å². The van der Waals surface area contributed by atoms with Crippen molar-refractivity contribution in [2.24, 2.45) is 0 Å². The fraction of sp³-hybridized carbons (Fsp3) is 0.600. The first kappa shape index (κ1) is 13.2. The summed E-state index contributed by atoms with van der Waals surface area (Å²) >= 11 is 0.950. The highest BCUT2D eigenvalue weighted by Crippen LogP contribution is 2.53. The van der Waals surface area contributed by atoms with Crippen molar-refractivity contribution in [3.63, 3.8) is 0 Å². The van der Waals surface area contributed by atoms with Crippen LogP contribution in [0.25, 0.3) is 0 Å². The van der Waals surface area contributed by atoms with Gasteiger partial charge in [-0.15, -0.1) is 0 Å². The predicted molar refractivity (Wildman–Crippen MR) is 52.4 cm³/mol. The highest BCUT2D eigenvalue weighted by atomic mass is 32.2. The van der Waals surface area contributed by atoms with E-state index in [9.17, 15) is 14.2 Å². The Labute approximate surface area is 83.8 Å². The zero-order valence-electron chi connectivity index (χ0n) is 6.96. The van der Waals surface area contributed by atoms with Gasteiger partial charge in [-0.3, -0.25) is 14.2 Å². The number of hydrogen-bond acceptors (Lipinski definition) is 5. The van der Waals surface area contributed by atoms with E-state index in [1.807, 2.05) is 0 Å². The molecule has 0 aromatic rings. The van der Waals surface area contributed by atoms with Crippen molar-refractivity contribution >= 4 is 41.4 Å². The van der Waals surface area contributed by atoms with Crippen molar-refractivity contribution in [2.45, 2.75) is 18.2 Å². The molecule has 0 aliphatic carbocycles. The van der Waals surface area contributed by atoms with Crippen LogP contribution >= 0.6 is 31.1 Å². The van der Waals surface area contributed by atoms with E-state index in [2.05, 4.69) is 0 Å². The predicted octanol–water partition coefficient (Wildman–Crippen LogP) is 1.01. The summed E-state index contributed by atoms with van der Waals surface area (Å²) in [6, 6.07) is 0. The maximum absolute atomic E-state index is 10.8. The zero-order chi connectivity index (χ0) is 10.6. The molecular weight excluding hydrogens is 235 g/mol. The Bertz CT molecular complexity index is 244. The van der Waals surface area contributed by atoms with Gasteiger partial charge in [0.2, 0.25) is 0 Å². The van der Waals surface area contributed by atoms with E-state index in [4.69, 9.17) is 9.79 Å². The van der Waals surface area contributed by atoms with Crippen LogP contribution in [0.15, 0.2) is 0 Å². The van der Waals surface area contributed by atoms with E-state index < -0.39 is 22.1 Å². The van der Waals surface area contributed by atoms with Gasteiger partial charge in [-0.1, -0.05) is 23.5 Å². The van der Waals surface area contributed by atoms with E-state index in [1.165, 1.54) is 13.8 Å². The Balaban J connectivity index is 4.47. The number of rotatable bonds is 3. The molecule has 76 valence electrons. The average Bonchev–Trinajstić information content (AvgIpc) is 1.81. The van der Waals surface area contributed by atoms with Gasteiger partial charge in [0.05, 0.1) is 0 Å². The van der Waals surface area contributed by atoms with Gasteiger partial charge in [0.1, 0.15) is 0 Å². The number of thioether (sulfide) groups is 2. The molecule has 0 unspecified atom stereocenters. The quantitative estimate of drug-likeness (QED) is 0.565. The van der Waals surface area contributed by atoms with E-state index in [-0.39, 0.29) is 0 Å². The summed E-state index contributed by atoms with van der Waals surface area (Å²) in [4.78, 5) is 38.6. The van der Waals surface area contributed by atoms with E-state index in [0.29, 0.717) is 23.5 Å². The summed E-state index contributed by atoms with van der Waals surface area (Å²) in [5.74, 6) is 0. The minimum absolute atomic E-state index is 0.429. The summed E-state index contributed by atoms with van der Waals surface area (Å²) in [5, 5.41) is -0.857. The molecule has 0 radical (unpaired) electrons. The minimum atomic E-state index is -4.40. The minimum Gasteiger partial charge on any atom is -0.323 e. The second-order valence-electron chi connectivity index (χ2n) is 2.12. The number of carbonyl (C=O) groups excluding carboxylic acids is 2. The third-order valence-electron chi connectivity index (χ3n) is 0.808. The van der Waals surface area contributed by atoms with Crippen molar-refractivity contribution in [2.75, 3.05) is 0 Å². The first-order chi connectivity index (χ1) is 5.73. The SMILES string of the molecule is CC(=O)SC(SC(C)=O)P(=O)(O)O. The fourth-order valence-electron chi connectivity index (χ4n) is 0.445. The van der Waals surface area contributed by atoms with Crippen molar-refractivity contribution in [1.29, 1.82) is 0 Å². The topological polar surface area (TPSA) is 91.7 Å². The fourth-order valence-corrected chi connectivity index (χ4v) is 4.01. The molecule has 0 aliphatic heterocycles. The van der Waals surface area contributed by atoms with E-state index >= 15 is 0 Å². The molecule has 0 spiro atoms. The zero-order valence-corrected chi connectivity index (χ0v) is 9.49. The van der Waals surface area contributed by atoms with Crippen LogP contribution in [0.2, 0.25) is 0 Å². The monoisotopic (exact) mass is 244 g/mol. The number of hydrogen-bond donors (Lipinski definition) is 2. The first-order valence-electron chi connectivity index (χ1n) is 3.13. The Kier molecular flexibility index (Phi) is 5.24. The largest absolute Gasteiger partial charge is 0.349 e. The van der Waals surface area contributed by atoms with Crippen LogP contribution in [-0.2, 0) is 14.2 Å². The molecule has 0 saturated carbocycles. The lowest BCUT2D eigenvalue weighted by Crippen LogP contribution is -2.04. The van der Waals surface area contributed by atoms with E-state index in [0.717, 1.165) is 0 Å². The molecule has 0 aliphatic rings. The summed E-state index contributed by atoms with van der Waals surface area (Å²) in [6.45, 7) is 2.38. The molecule has 0 heterocycles. The normalized spacial score (nSPS) is 11.8. The molecule has 8 heteroatoms. The third kappa shape index (κ3) is 6.29. The summed E-state index contributed by atoms with van der Waals surface area (Å²) in [5.41, 5.74) is 0. The van der Waals surface area contributed by atoms with Crippen LogP contribution in [0.5, 0.6) is 0 Å². The molecule has 0 rings (SSSR count). The highest BCUT2D eigenvalue weighted by molar-refractivity contribution is 8.34. The molecule has 5 nitrogen and oxygen atoms in total. The van der Waals surface area contributed by atoms with Gasteiger partial charge in [0.25, 0.3) is 0 Å². The summed E-state index contributed by atoms with van der Waals surface area (Å²) in [6.07, 6.45) is 0. The lowest BCUT2D eigenvalue weighted by molar-refractivity contribution is -0.109. The Morgan fingerprint density at radius 3 is 1.62 bits per heavy atom. The van der Waals surface area contributed by atoms with Crippen LogP contribution < -0.4 is 0 Å². The van der Waals surface area contributed by atoms with Gasteiger partial charge in [-0.25, -0.2) is 0 Å². The molecule has 0 saturated heterocycles. The molecule has 13 heavy (non-hydrogen) atoms. The first-order valence-corrected chi connectivity index (χ1v) is 6.57. The summed E-state index contributed by atoms with van der Waals surface area (Å²) < 4.78 is 9.43. The molecule has 0 aromatic heterocycles. The molecule has 0 aromatic carbocycles. The Morgan fingerprint density at radius 1 is 1.15 bits per heavy atom. The van der Waals surface area contributed by atoms with Crippen LogP contribution in [0, 0.1) is 0 Å². The van der Waals surface area contributed by atoms with Gasteiger partial charge in [0.15, 0.2) is 14.6 Å². The van der Waals surface area contributed by atoms with Gasteiger partial charge in [0, 0.05) is 13.8 Å².